The highest BCUT2D eigenvalue weighted by atomic mass is 19.3. The Kier molecular flexibility index (Phi) is 4.68. The Balaban J connectivity index is 1.46. The maximum Gasteiger partial charge on any atom is 0.257 e. The molecule has 0 unspecified atom stereocenters. The predicted molar refractivity (Wildman–Crippen MR) is 117 cm³/mol. The lowest BCUT2D eigenvalue weighted by molar-refractivity contribution is 0.122. The Hall–Kier alpha value is -4.09. The number of nitrogens with zero attached hydrogens (tertiary/aromatic N) is 7. The van der Waals surface area contributed by atoms with Crippen molar-refractivity contribution in [2.24, 2.45) is 7.05 Å². The number of aromatic nitrogens is 8. The summed E-state index contributed by atoms with van der Waals surface area (Å²) in [7, 11) is 1.79. The molecule has 0 amide bonds. The molecular weight excluding hydrogens is 418 g/mol. The number of benzene rings is 1. The van der Waals surface area contributed by atoms with Crippen molar-refractivity contribution in [1.82, 2.24) is 39.7 Å². The van der Waals surface area contributed by atoms with Crippen molar-refractivity contribution < 1.29 is 8.78 Å². The van der Waals surface area contributed by atoms with Crippen LogP contribution < -0.4 is 10.6 Å². The van der Waals surface area contributed by atoms with Crippen molar-refractivity contribution in [3.8, 4) is 0 Å². The second-order valence-corrected chi connectivity index (χ2v) is 7.52. The molecule has 5 aromatic rings. The van der Waals surface area contributed by atoms with Crippen LogP contribution in [0, 0.1) is 13.8 Å². The number of aryl methyl sites for hydroxylation is 3. The molecule has 0 spiro atoms. The molecule has 5 rings (SSSR count). The molecule has 12 heteroatoms. The van der Waals surface area contributed by atoms with E-state index in [-0.39, 0.29) is 0 Å². The van der Waals surface area contributed by atoms with Crippen LogP contribution in [-0.4, -0.2) is 46.2 Å². The van der Waals surface area contributed by atoms with Gasteiger partial charge in [0.05, 0.1) is 22.8 Å². The molecule has 0 atom stereocenters. The summed E-state index contributed by atoms with van der Waals surface area (Å²) in [5.41, 5.74) is 4.19. The Labute approximate surface area is 180 Å². The fourth-order valence-electron chi connectivity index (χ4n) is 3.59. The van der Waals surface area contributed by atoms with Crippen molar-refractivity contribution in [3.05, 3.63) is 41.9 Å². The predicted octanol–water partition coefficient (Wildman–Crippen LogP) is 3.81. The topological polar surface area (TPSA) is 114 Å². The van der Waals surface area contributed by atoms with E-state index in [0.29, 0.717) is 28.8 Å². The molecule has 32 heavy (non-hydrogen) atoms. The number of alkyl halides is 2. The van der Waals surface area contributed by atoms with E-state index in [2.05, 4.69) is 41.0 Å². The molecule has 0 aliphatic heterocycles. The van der Waals surface area contributed by atoms with E-state index < -0.39 is 13.0 Å². The van der Waals surface area contributed by atoms with Gasteiger partial charge in [-0.05, 0) is 25.5 Å². The molecule has 1 aromatic carbocycles. The summed E-state index contributed by atoms with van der Waals surface area (Å²) in [6, 6.07) is 3.98. The number of nitrogens with one attached hydrogen (secondary N) is 3. The summed E-state index contributed by atoms with van der Waals surface area (Å²) in [4.78, 5) is 8.91. The molecular formula is C20H20F2N10. The van der Waals surface area contributed by atoms with Crippen LogP contribution in [-0.2, 0) is 13.6 Å². The van der Waals surface area contributed by atoms with Crippen LogP contribution in [0.2, 0.25) is 0 Å². The number of H-pyrrole nitrogens is 1. The number of hydrogen-bond donors (Lipinski definition) is 3. The Morgan fingerprint density at radius 2 is 1.88 bits per heavy atom. The van der Waals surface area contributed by atoms with Crippen LogP contribution in [0.25, 0.3) is 21.9 Å². The molecule has 0 aliphatic rings. The maximum absolute atomic E-state index is 12.6. The molecule has 0 saturated carbocycles. The van der Waals surface area contributed by atoms with Crippen LogP contribution in [0.4, 0.5) is 32.1 Å². The van der Waals surface area contributed by atoms with Crippen LogP contribution in [0.1, 0.15) is 11.1 Å². The summed E-state index contributed by atoms with van der Waals surface area (Å²) in [5.74, 6) is 1.33. The van der Waals surface area contributed by atoms with E-state index in [9.17, 15) is 8.78 Å². The summed E-state index contributed by atoms with van der Waals surface area (Å²) in [6.45, 7) is 3.32. The van der Waals surface area contributed by atoms with Gasteiger partial charge in [0.1, 0.15) is 6.54 Å². The summed E-state index contributed by atoms with van der Waals surface area (Å²) in [5, 5.41) is 23.9. The van der Waals surface area contributed by atoms with Crippen LogP contribution in [0.3, 0.4) is 0 Å². The quantitative estimate of drug-likeness (QED) is 0.369. The van der Waals surface area contributed by atoms with Crippen molar-refractivity contribution in [3.63, 3.8) is 0 Å². The minimum absolute atomic E-state index is 0.297. The summed E-state index contributed by atoms with van der Waals surface area (Å²) < 4.78 is 28.1. The highest BCUT2D eigenvalue weighted by Gasteiger charge is 2.16. The minimum Gasteiger partial charge on any atom is -0.337 e. The van der Waals surface area contributed by atoms with E-state index in [1.165, 1.54) is 4.68 Å². The molecule has 0 radical (unpaired) electrons. The molecule has 10 nitrogen and oxygen atoms in total. The van der Waals surface area contributed by atoms with Gasteiger partial charge in [0.2, 0.25) is 5.95 Å². The highest BCUT2D eigenvalue weighted by molar-refractivity contribution is 5.98. The van der Waals surface area contributed by atoms with Crippen molar-refractivity contribution >= 4 is 45.2 Å². The van der Waals surface area contributed by atoms with Crippen LogP contribution in [0.5, 0.6) is 0 Å². The van der Waals surface area contributed by atoms with E-state index in [0.717, 1.165) is 27.5 Å². The van der Waals surface area contributed by atoms with Gasteiger partial charge >= 0.3 is 0 Å². The number of hydrogen-bond acceptors (Lipinski definition) is 7. The Bertz CT molecular complexity index is 1430. The van der Waals surface area contributed by atoms with Crippen LogP contribution in [0.15, 0.2) is 30.7 Å². The van der Waals surface area contributed by atoms with Gasteiger partial charge in [0.15, 0.2) is 17.3 Å². The monoisotopic (exact) mass is 438 g/mol. The third-order valence-electron chi connectivity index (χ3n) is 5.16. The molecule has 0 aliphatic carbocycles. The molecule has 4 heterocycles. The normalized spacial score (nSPS) is 11.7. The average molecular weight is 438 g/mol. The number of rotatable bonds is 6. The maximum atomic E-state index is 12.6. The average Bonchev–Trinajstić information content (AvgIpc) is 3.42. The first kappa shape index (κ1) is 19.8. The first-order valence-corrected chi connectivity index (χ1v) is 9.87. The van der Waals surface area contributed by atoms with Gasteiger partial charge in [-0.2, -0.15) is 20.3 Å². The third kappa shape index (κ3) is 3.49. The van der Waals surface area contributed by atoms with Gasteiger partial charge in [-0.1, -0.05) is 6.07 Å². The lowest BCUT2D eigenvalue weighted by atomic mass is 10.1. The highest BCUT2D eigenvalue weighted by Crippen LogP contribution is 2.31. The van der Waals surface area contributed by atoms with E-state index in [1.807, 2.05) is 19.1 Å². The van der Waals surface area contributed by atoms with Crippen LogP contribution >= 0.6 is 0 Å². The zero-order valence-electron chi connectivity index (χ0n) is 17.6. The molecule has 0 saturated heterocycles. The SMILES string of the molecule is Cc1cn(CC(F)F)nc1Nc1ncc2c(Nc3c(C)ccc4[nH]ncc34)nn(C)c2n1. The fourth-order valence-corrected chi connectivity index (χ4v) is 3.59. The molecule has 3 N–H and O–H groups in total. The van der Waals surface area contributed by atoms with Gasteiger partial charge in [-0.25, -0.2) is 18.4 Å². The largest absolute Gasteiger partial charge is 0.337 e. The molecule has 4 aromatic heterocycles. The Morgan fingerprint density at radius 3 is 2.69 bits per heavy atom. The lowest BCUT2D eigenvalue weighted by Gasteiger charge is -2.08. The standard InChI is InChI=1S/C20H20F2N10/c1-10-4-5-14-12(7-24-28-14)16(10)25-18-13-6-23-20(27-19(13)31(3)29-18)26-17-11(2)8-32(30-17)9-15(21)22/h4-8,15H,9H2,1-3H3,(H,24,28)(H,25,29)(H,23,26,27,30). The number of aromatic amines is 1. The van der Waals surface area contributed by atoms with E-state index >= 15 is 0 Å². The first-order chi connectivity index (χ1) is 15.4. The summed E-state index contributed by atoms with van der Waals surface area (Å²) in [6.07, 6.45) is 2.50. The zero-order valence-corrected chi connectivity index (χ0v) is 17.6. The summed E-state index contributed by atoms with van der Waals surface area (Å²) >= 11 is 0. The Morgan fingerprint density at radius 1 is 1.03 bits per heavy atom. The smallest absolute Gasteiger partial charge is 0.257 e. The van der Waals surface area contributed by atoms with Gasteiger partial charge in [0, 0.05) is 30.4 Å². The molecule has 0 bridgehead atoms. The van der Waals surface area contributed by atoms with E-state index in [1.54, 1.807) is 37.2 Å². The second-order valence-electron chi connectivity index (χ2n) is 7.52. The number of fused-ring (bicyclic) bond motifs is 2. The van der Waals surface area contributed by atoms with Crippen molar-refractivity contribution in [2.45, 2.75) is 26.8 Å². The molecule has 164 valence electrons. The van der Waals surface area contributed by atoms with Gasteiger partial charge < -0.3 is 10.6 Å². The zero-order chi connectivity index (χ0) is 22.4. The fraction of sp³-hybridized carbons (Fsp3) is 0.250. The third-order valence-corrected chi connectivity index (χ3v) is 5.16. The lowest BCUT2D eigenvalue weighted by Crippen LogP contribution is -2.07. The minimum atomic E-state index is -2.48. The number of halogens is 2. The molecule has 0 fully saturated rings. The van der Waals surface area contributed by atoms with E-state index in [4.69, 9.17) is 0 Å². The van der Waals surface area contributed by atoms with Gasteiger partial charge in [0.25, 0.3) is 6.43 Å². The second kappa shape index (κ2) is 7.55. The van der Waals surface area contributed by atoms with Crippen molar-refractivity contribution in [2.75, 3.05) is 10.6 Å². The number of anilines is 4. The first-order valence-electron chi connectivity index (χ1n) is 9.87. The van der Waals surface area contributed by atoms with Crippen molar-refractivity contribution in [1.29, 1.82) is 0 Å². The van der Waals surface area contributed by atoms with Gasteiger partial charge in [-0.3, -0.25) is 9.78 Å². The van der Waals surface area contributed by atoms with Gasteiger partial charge in [-0.15, -0.1) is 0 Å².